The number of carbonyl (C=O) groups excluding carboxylic acids is 1. The minimum Gasteiger partial charge on any atom is -0.481 e. The van der Waals surface area contributed by atoms with Crippen LogP contribution in [0.1, 0.15) is 32.6 Å². The Hall–Kier alpha value is -2.05. The third kappa shape index (κ3) is 2.92. The fourth-order valence-corrected chi connectivity index (χ4v) is 2.79. The summed E-state index contributed by atoms with van der Waals surface area (Å²) in [5.74, 6) is -0.805. The normalized spacial score (nSPS) is 22.6. The topological polar surface area (TPSA) is 98.3 Å². The molecule has 0 radical (unpaired) electrons. The fourth-order valence-electron chi connectivity index (χ4n) is 2.79. The van der Waals surface area contributed by atoms with Gasteiger partial charge in [-0.3, -0.25) is 9.89 Å². The second-order valence-electron chi connectivity index (χ2n) is 5.28. The largest absolute Gasteiger partial charge is 0.481 e. The van der Waals surface area contributed by atoms with Gasteiger partial charge in [0, 0.05) is 19.3 Å². The summed E-state index contributed by atoms with van der Waals surface area (Å²) in [5.41, 5.74) is -0.224. The Labute approximate surface area is 117 Å². The van der Waals surface area contributed by atoms with Gasteiger partial charge in [0.05, 0.1) is 17.3 Å². The van der Waals surface area contributed by atoms with Crippen molar-refractivity contribution in [3.05, 3.63) is 12.4 Å². The predicted molar refractivity (Wildman–Crippen MR) is 73.4 cm³/mol. The zero-order valence-electron chi connectivity index (χ0n) is 11.6. The molecular weight excluding hydrogens is 260 g/mol. The van der Waals surface area contributed by atoms with E-state index in [2.05, 4.69) is 15.5 Å². The zero-order chi connectivity index (χ0) is 14.6. The van der Waals surface area contributed by atoms with E-state index < -0.39 is 11.4 Å². The first kappa shape index (κ1) is 14.4. The van der Waals surface area contributed by atoms with Gasteiger partial charge in [0.25, 0.3) is 0 Å². The molecular formula is C13H20N4O3. The highest BCUT2D eigenvalue weighted by molar-refractivity contribution is 5.89. The number of carboxylic acids is 1. The highest BCUT2D eigenvalue weighted by Crippen LogP contribution is 2.35. The Balaban J connectivity index is 2.05. The molecule has 0 aliphatic carbocycles. The number of urea groups is 1. The number of hydrogen-bond acceptors (Lipinski definition) is 3. The summed E-state index contributed by atoms with van der Waals surface area (Å²) >= 11 is 0. The number of aromatic amines is 1. The molecule has 2 heterocycles. The van der Waals surface area contributed by atoms with Gasteiger partial charge in [-0.05, 0) is 19.3 Å². The Kier molecular flexibility index (Phi) is 4.26. The highest BCUT2D eigenvalue weighted by Gasteiger charge is 2.42. The molecule has 2 rings (SSSR count). The number of hydrogen-bond donors (Lipinski definition) is 3. The van der Waals surface area contributed by atoms with Crippen molar-refractivity contribution in [1.29, 1.82) is 0 Å². The molecule has 0 saturated carbocycles. The second-order valence-corrected chi connectivity index (χ2v) is 5.28. The van der Waals surface area contributed by atoms with Crippen LogP contribution in [0.4, 0.5) is 10.5 Å². The quantitative estimate of drug-likeness (QED) is 0.784. The molecule has 110 valence electrons. The zero-order valence-corrected chi connectivity index (χ0v) is 11.6. The summed E-state index contributed by atoms with van der Waals surface area (Å²) in [4.78, 5) is 25.3. The molecule has 0 aromatic carbocycles. The molecule has 1 aromatic heterocycles. The Morgan fingerprint density at radius 2 is 2.40 bits per heavy atom. The number of nitrogens with zero attached hydrogens (tertiary/aromatic N) is 2. The van der Waals surface area contributed by atoms with Crippen LogP contribution in [0.2, 0.25) is 0 Å². The summed E-state index contributed by atoms with van der Waals surface area (Å²) in [6, 6.07) is -0.271. The summed E-state index contributed by atoms with van der Waals surface area (Å²) < 4.78 is 0. The molecule has 20 heavy (non-hydrogen) atoms. The molecule has 1 atom stereocenters. The summed E-state index contributed by atoms with van der Waals surface area (Å²) in [5, 5.41) is 18.6. The third-order valence-corrected chi connectivity index (χ3v) is 3.80. The van der Waals surface area contributed by atoms with Crippen molar-refractivity contribution < 1.29 is 14.7 Å². The SMILES string of the molecule is CCCC1(C(=O)O)CCCN(C(=O)Nc2cn[nH]c2)C1. The van der Waals surface area contributed by atoms with Crippen molar-refractivity contribution in [1.82, 2.24) is 15.1 Å². The van der Waals surface area contributed by atoms with Gasteiger partial charge < -0.3 is 15.3 Å². The maximum Gasteiger partial charge on any atom is 0.321 e. The smallest absolute Gasteiger partial charge is 0.321 e. The van der Waals surface area contributed by atoms with Crippen LogP contribution >= 0.6 is 0 Å². The van der Waals surface area contributed by atoms with E-state index in [1.165, 1.54) is 6.20 Å². The predicted octanol–water partition coefficient (Wildman–Crippen LogP) is 1.91. The van der Waals surface area contributed by atoms with Gasteiger partial charge in [-0.1, -0.05) is 13.3 Å². The minimum absolute atomic E-state index is 0.264. The van der Waals surface area contributed by atoms with Crippen molar-refractivity contribution in [3.63, 3.8) is 0 Å². The van der Waals surface area contributed by atoms with Crippen LogP contribution in [0.25, 0.3) is 0 Å². The van der Waals surface area contributed by atoms with E-state index in [1.807, 2.05) is 6.92 Å². The Morgan fingerprint density at radius 3 is 3.00 bits per heavy atom. The van der Waals surface area contributed by atoms with E-state index in [1.54, 1.807) is 11.1 Å². The molecule has 1 saturated heterocycles. The van der Waals surface area contributed by atoms with Crippen LogP contribution in [-0.2, 0) is 4.79 Å². The van der Waals surface area contributed by atoms with Gasteiger partial charge in [0.1, 0.15) is 0 Å². The maximum atomic E-state index is 12.2. The average molecular weight is 280 g/mol. The molecule has 1 fully saturated rings. The summed E-state index contributed by atoms with van der Waals surface area (Å²) in [7, 11) is 0. The molecule has 3 N–H and O–H groups in total. The monoisotopic (exact) mass is 280 g/mol. The molecule has 1 aliphatic rings. The van der Waals surface area contributed by atoms with Gasteiger partial charge in [-0.15, -0.1) is 0 Å². The number of likely N-dealkylation sites (tertiary alicyclic amines) is 1. The lowest BCUT2D eigenvalue weighted by atomic mass is 9.76. The number of aromatic nitrogens is 2. The van der Waals surface area contributed by atoms with Crippen molar-refractivity contribution in [2.24, 2.45) is 5.41 Å². The van der Waals surface area contributed by atoms with Gasteiger partial charge in [-0.25, -0.2) is 4.79 Å². The number of anilines is 1. The van der Waals surface area contributed by atoms with Gasteiger partial charge in [0.2, 0.25) is 0 Å². The number of carboxylic acid groups (broad SMARTS) is 1. The third-order valence-electron chi connectivity index (χ3n) is 3.80. The first-order valence-corrected chi connectivity index (χ1v) is 6.85. The first-order chi connectivity index (χ1) is 9.57. The number of H-pyrrole nitrogens is 1. The lowest BCUT2D eigenvalue weighted by Gasteiger charge is -2.39. The number of piperidine rings is 1. The number of amides is 2. The Bertz CT molecular complexity index is 470. The van der Waals surface area contributed by atoms with Crippen LogP contribution in [-0.4, -0.2) is 45.3 Å². The van der Waals surface area contributed by atoms with Crippen molar-refractivity contribution >= 4 is 17.7 Å². The molecule has 7 heteroatoms. The standard InChI is InChI=1S/C13H20N4O3/c1-2-4-13(11(18)19)5-3-6-17(9-13)12(20)16-10-7-14-15-8-10/h7-8H,2-6,9H2,1H3,(H,14,15)(H,16,20)(H,18,19). The van der Waals surface area contributed by atoms with E-state index in [0.29, 0.717) is 31.5 Å². The van der Waals surface area contributed by atoms with E-state index in [4.69, 9.17) is 0 Å². The van der Waals surface area contributed by atoms with Crippen LogP contribution in [0, 0.1) is 5.41 Å². The number of nitrogens with one attached hydrogen (secondary N) is 2. The lowest BCUT2D eigenvalue weighted by Crippen LogP contribution is -2.51. The second kappa shape index (κ2) is 5.94. The van der Waals surface area contributed by atoms with Crippen molar-refractivity contribution in [2.45, 2.75) is 32.6 Å². The van der Waals surface area contributed by atoms with Crippen LogP contribution in [0.5, 0.6) is 0 Å². The lowest BCUT2D eigenvalue weighted by molar-refractivity contribution is -0.152. The Morgan fingerprint density at radius 1 is 1.60 bits per heavy atom. The van der Waals surface area contributed by atoms with E-state index >= 15 is 0 Å². The minimum atomic E-state index is -0.805. The van der Waals surface area contributed by atoms with Gasteiger partial charge >= 0.3 is 12.0 Å². The van der Waals surface area contributed by atoms with Crippen molar-refractivity contribution in [2.75, 3.05) is 18.4 Å². The maximum absolute atomic E-state index is 12.2. The van der Waals surface area contributed by atoms with E-state index in [9.17, 15) is 14.7 Å². The highest BCUT2D eigenvalue weighted by atomic mass is 16.4. The van der Waals surface area contributed by atoms with E-state index in [-0.39, 0.29) is 12.6 Å². The summed E-state index contributed by atoms with van der Waals surface area (Å²) in [6.07, 6.45) is 5.83. The molecule has 7 nitrogen and oxygen atoms in total. The fraction of sp³-hybridized carbons (Fsp3) is 0.615. The molecule has 0 spiro atoms. The number of rotatable bonds is 4. The molecule has 1 unspecified atom stereocenters. The van der Waals surface area contributed by atoms with Crippen LogP contribution in [0.15, 0.2) is 12.4 Å². The molecule has 0 bridgehead atoms. The summed E-state index contributed by atoms with van der Waals surface area (Å²) in [6.45, 7) is 2.82. The molecule has 2 amide bonds. The molecule has 1 aliphatic heterocycles. The van der Waals surface area contributed by atoms with Crippen molar-refractivity contribution in [3.8, 4) is 0 Å². The first-order valence-electron chi connectivity index (χ1n) is 6.85. The van der Waals surface area contributed by atoms with Gasteiger partial charge in [-0.2, -0.15) is 5.10 Å². The average Bonchev–Trinajstić information content (AvgIpc) is 2.92. The molecule has 1 aromatic rings. The van der Waals surface area contributed by atoms with Crippen LogP contribution < -0.4 is 5.32 Å². The van der Waals surface area contributed by atoms with Crippen LogP contribution in [0.3, 0.4) is 0 Å². The van der Waals surface area contributed by atoms with Gasteiger partial charge in [0.15, 0.2) is 0 Å². The van der Waals surface area contributed by atoms with E-state index in [0.717, 1.165) is 6.42 Å². The number of aliphatic carboxylic acids is 1. The number of carbonyl (C=O) groups is 2.